The van der Waals surface area contributed by atoms with Gasteiger partial charge in [-0.1, -0.05) is 23.7 Å². The smallest absolute Gasteiger partial charge is 0.221 e. The molecule has 0 aliphatic carbocycles. The Morgan fingerprint density at radius 3 is 2.74 bits per heavy atom. The van der Waals surface area contributed by atoms with Crippen LogP contribution in [0.3, 0.4) is 0 Å². The van der Waals surface area contributed by atoms with Gasteiger partial charge in [0.1, 0.15) is 5.75 Å². The number of hydrogen-bond donors (Lipinski definition) is 2. The molecule has 0 spiro atoms. The summed E-state index contributed by atoms with van der Waals surface area (Å²) in [4.78, 5) is 13.5. The van der Waals surface area contributed by atoms with E-state index in [4.69, 9.17) is 11.6 Å². The number of amides is 1. The van der Waals surface area contributed by atoms with Gasteiger partial charge < -0.3 is 10.4 Å². The van der Waals surface area contributed by atoms with Crippen molar-refractivity contribution in [2.45, 2.75) is 26.4 Å². The van der Waals surface area contributed by atoms with Crippen molar-refractivity contribution in [3.05, 3.63) is 58.1 Å². The van der Waals surface area contributed by atoms with E-state index in [9.17, 15) is 9.90 Å². The molecule has 1 amide bonds. The Kier molecular flexibility index (Phi) is 4.55. The van der Waals surface area contributed by atoms with E-state index in [0.717, 1.165) is 37.3 Å². The third kappa shape index (κ3) is 3.84. The maximum absolute atomic E-state index is 11.1. The zero-order valence-electron chi connectivity index (χ0n) is 13.0. The number of phenols is 1. The molecule has 0 atom stereocenters. The molecule has 0 saturated heterocycles. The number of benzene rings is 2. The first-order valence-corrected chi connectivity index (χ1v) is 7.98. The molecule has 0 radical (unpaired) electrons. The molecule has 0 bridgehead atoms. The van der Waals surface area contributed by atoms with Crippen LogP contribution >= 0.6 is 11.6 Å². The number of nitrogens with zero attached hydrogens (tertiary/aromatic N) is 1. The van der Waals surface area contributed by atoms with Crippen LogP contribution in [0, 0.1) is 0 Å². The summed E-state index contributed by atoms with van der Waals surface area (Å²) in [6, 6.07) is 11.4. The Bertz CT molecular complexity index is 746. The minimum Gasteiger partial charge on any atom is -0.506 e. The third-order valence-electron chi connectivity index (χ3n) is 4.04. The van der Waals surface area contributed by atoms with E-state index in [1.165, 1.54) is 18.1 Å². The number of carbonyl (C=O) groups excluding carboxylic acids is 1. The summed E-state index contributed by atoms with van der Waals surface area (Å²) in [6.07, 6.45) is 0.881. The Balaban J connectivity index is 1.61. The first kappa shape index (κ1) is 15.8. The van der Waals surface area contributed by atoms with E-state index in [-0.39, 0.29) is 11.7 Å². The van der Waals surface area contributed by atoms with Crippen molar-refractivity contribution >= 4 is 23.2 Å². The van der Waals surface area contributed by atoms with Gasteiger partial charge >= 0.3 is 0 Å². The number of aromatic hydroxyl groups is 1. The molecule has 1 aliphatic rings. The van der Waals surface area contributed by atoms with E-state index >= 15 is 0 Å². The van der Waals surface area contributed by atoms with Crippen LogP contribution in [-0.4, -0.2) is 22.5 Å². The summed E-state index contributed by atoms with van der Waals surface area (Å²) in [5, 5.41) is 12.7. The van der Waals surface area contributed by atoms with Crippen molar-refractivity contribution in [3.63, 3.8) is 0 Å². The van der Waals surface area contributed by atoms with Crippen LogP contribution in [0.5, 0.6) is 5.75 Å². The van der Waals surface area contributed by atoms with Gasteiger partial charge in [0.2, 0.25) is 5.91 Å². The number of carbonyl (C=O) groups is 1. The van der Waals surface area contributed by atoms with E-state index in [2.05, 4.69) is 16.3 Å². The highest BCUT2D eigenvalue weighted by molar-refractivity contribution is 6.32. The van der Waals surface area contributed by atoms with Crippen LogP contribution in [0.2, 0.25) is 5.02 Å². The van der Waals surface area contributed by atoms with Crippen LogP contribution in [0.15, 0.2) is 36.4 Å². The third-order valence-corrected chi connectivity index (χ3v) is 4.35. The van der Waals surface area contributed by atoms with Gasteiger partial charge in [-0.2, -0.15) is 0 Å². The maximum atomic E-state index is 11.1. The fourth-order valence-corrected chi connectivity index (χ4v) is 3.10. The zero-order valence-corrected chi connectivity index (χ0v) is 13.7. The quantitative estimate of drug-likeness (QED) is 0.901. The topological polar surface area (TPSA) is 52.6 Å². The standard InChI is InChI=1S/C18H19ClN2O2/c1-12(22)20-16-4-3-14-10-21(11-15(14)9-16)7-6-13-2-5-18(23)17(19)8-13/h2-5,8-9,23H,6-7,10-11H2,1H3,(H,20,22). The van der Waals surface area contributed by atoms with Crippen LogP contribution in [0.25, 0.3) is 0 Å². The first-order chi connectivity index (χ1) is 11.0. The molecule has 2 N–H and O–H groups in total. The number of phenolic OH excluding ortho intramolecular Hbond substituents is 1. The van der Waals surface area contributed by atoms with Crippen molar-refractivity contribution in [3.8, 4) is 5.75 Å². The highest BCUT2D eigenvalue weighted by Crippen LogP contribution is 2.27. The SMILES string of the molecule is CC(=O)Nc1ccc2c(c1)CN(CCc1ccc(O)c(Cl)c1)C2. The molecular formula is C18H19ClN2O2. The predicted octanol–water partition coefficient (Wildman–Crippen LogP) is 3.56. The van der Waals surface area contributed by atoms with Gasteiger partial charge in [0.15, 0.2) is 0 Å². The Hall–Kier alpha value is -2.04. The summed E-state index contributed by atoms with van der Waals surface area (Å²) in [5.41, 5.74) is 4.54. The van der Waals surface area contributed by atoms with E-state index in [0.29, 0.717) is 5.02 Å². The molecule has 3 rings (SSSR count). The van der Waals surface area contributed by atoms with Crippen molar-refractivity contribution in [1.29, 1.82) is 0 Å². The molecule has 0 unspecified atom stereocenters. The fraction of sp³-hybridized carbons (Fsp3) is 0.278. The van der Waals surface area contributed by atoms with Crippen LogP contribution in [0.4, 0.5) is 5.69 Å². The highest BCUT2D eigenvalue weighted by atomic mass is 35.5. The molecule has 1 aliphatic heterocycles. The van der Waals surface area contributed by atoms with Gasteiger partial charge in [0, 0.05) is 32.2 Å². The number of halogens is 1. The summed E-state index contributed by atoms with van der Waals surface area (Å²) in [7, 11) is 0. The molecule has 4 nitrogen and oxygen atoms in total. The second-order valence-electron chi connectivity index (χ2n) is 5.91. The molecular weight excluding hydrogens is 312 g/mol. The molecule has 120 valence electrons. The van der Waals surface area contributed by atoms with Gasteiger partial charge in [0.05, 0.1) is 5.02 Å². The molecule has 2 aromatic carbocycles. The van der Waals surface area contributed by atoms with E-state index < -0.39 is 0 Å². The Morgan fingerprint density at radius 2 is 2.00 bits per heavy atom. The maximum Gasteiger partial charge on any atom is 0.221 e. The number of hydrogen-bond acceptors (Lipinski definition) is 3. The second-order valence-corrected chi connectivity index (χ2v) is 6.32. The van der Waals surface area contributed by atoms with Gasteiger partial charge in [-0.25, -0.2) is 0 Å². The lowest BCUT2D eigenvalue weighted by Gasteiger charge is -2.14. The van der Waals surface area contributed by atoms with E-state index in [1.54, 1.807) is 6.07 Å². The Morgan fingerprint density at radius 1 is 1.22 bits per heavy atom. The number of anilines is 1. The van der Waals surface area contributed by atoms with Crippen LogP contribution in [-0.2, 0) is 24.3 Å². The van der Waals surface area contributed by atoms with Crippen molar-refractivity contribution in [1.82, 2.24) is 4.90 Å². The first-order valence-electron chi connectivity index (χ1n) is 7.60. The van der Waals surface area contributed by atoms with Crippen LogP contribution in [0.1, 0.15) is 23.6 Å². The van der Waals surface area contributed by atoms with Crippen LogP contribution < -0.4 is 5.32 Å². The normalized spacial score (nSPS) is 13.8. The van der Waals surface area contributed by atoms with Crippen molar-refractivity contribution < 1.29 is 9.90 Å². The van der Waals surface area contributed by atoms with Crippen molar-refractivity contribution in [2.24, 2.45) is 0 Å². The predicted molar refractivity (Wildman–Crippen MR) is 91.7 cm³/mol. The Labute approximate surface area is 140 Å². The fourth-order valence-electron chi connectivity index (χ4n) is 2.90. The number of rotatable bonds is 4. The summed E-state index contributed by atoms with van der Waals surface area (Å²) < 4.78 is 0. The molecule has 23 heavy (non-hydrogen) atoms. The minimum atomic E-state index is -0.0518. The summed E-state index contributed by atoms with van der Waals surface area (Å²) >= 11 is 5.94. The van der Waals surface area contributed by atoms with Gasteiger partial charge in [-0.15, -0.1) is 0 Å². The molecule has 0 saturated carbocycles. The molecule has 0 fully saturated rings. The van der Waals surface area contributed by atoms with Gasteiger partial charge in [0.25, 0.3) is 0 Å². The zero-order chi connectivity index (χ0) is 16.4. The minimum absolute atomic E-state index is 0.0518. The van der Waals surface area contributed by atoms with Gasteiger partial charge in [-0.05, 0) is 47.4 Å². The molecule has 0 aromatic heterocycles. The van der Waals surface area contributed by atoms with Gasteiger partial charge in [-0.3, -0.25) is 9.69 Å². The van der Waals surface area contributed by atoms with Crippen molar-refractivity contribution in [2.75, 3.05) is 11.9 Å². The number of nitrogens with one attached hydrogen (secondary N) is 1. The summed E-state index contributed by atoms with van der Waals surface area (Å²) in [5.74, 6) is 0.0681. The lowest BCUT2D eigenvalue weighted by Crippen LogP contribution is -2.19. The highest BCUT2D eigenvalue weighted by Gasteiger charge is 2.19. The lowest BCUT2D eigenvalue weighted by atomic mass is 10.1. The molecule has 2 aromatic rings. The lowest BCUT2D eigenvalue weighted by molar-refractivity contribution is -0.114. The molecule has 1 heterocycles. The largest absolute Gasteiger partial charge is 0.506 e. The second kappa shape index (κ2) is 6.60. The average Bonchev–Trinajstić information content (AvgIpc) is 2.90. The average molecular weight is 331 g/mol. The number of fused-ring (bicyclic) bond motifs is 1. The van der Waals surface area contributed by atoms with E-state index in [1.807, 2.05) is 24.3 Å². The summed E-state index contributed by atoms with van der Waals surface area (Å²) in [6.45, 7) is 4.24. The molecule has 5 heteroatoms. The monoisotopic (exact) mass is 330 g/mol.